The van der Waals surface area contributed by atoms with E-state index in [9.17, 15) is 4.79 Å². The van der Waals surface area contributed by atoms with Crippen molar-refractivity contribution in [3.8, 4) is 0 Å². The fraction of sp³-hybridized carbons (Fsp3) is 0.462. The van der Waals surface area contributed by atoms with Gasteiger partial charge >= 0.3 is 5.97 Å². The summed E-state index contributed by atoms with van der Waals surface area (Å²) in [7, 11) is 0. The Morgan fingerprint density at radius 1 is 1.53 bits per heavy atom. The molecular formula is C13H16BrNO2. The lowest BCUT2D eigenvalue weighted by Gasteiger charge is -2.43. The van der Waals surface area contributed by atoms with Crippen LogP contribution in [-0.4, -0.2) is 16.6 Å². The van der Waals surface area contributed by atoms with E-state index in [0.29, 0.717) is 10.0 Å². The van der Waals surface area contributed by atoms with Crippen LogP contribution in [0.2, 0.25) is 0 Å². The first-order valence-corrected chi connectivity index (χ1v) is 6.67. The lowest BCUT2D eigenvalue weighted by molar-refractivity contribution is 0.0696. The van der Waals surface area contributed by atoms with E-state index < -0.39 is 5.97 Å². The van der Waals surface area contributed by atoms with Gasteiger partial charge in [-0.2, -0.15) is 0 Å². The van der Waals surface area contributed by atoms with Crippen LogP contribution in [0.25, 0.3) is 0 Å². The van der Waals surface area contributed by atoms with Crippen LogP contribution in [0.4, 0.5) is 5.69 Å². The SMILES string of the molecule is CCC1(Nc2ccc(C(=O)O)c(Br)c2)CCC1. The molecule has 0 spiro atoms. The van der Waals surface area contributed by atoms with Crippen molar-refractivity contribution in [3.63, 3.8) is 0 Å². The van der Waals surface area contributed by atoms with Crippen LogP contribution in [0, 0.1) is 0 Å². The summed E-state index contributed by atoms with van der Waals surface area (Å²) in [6.07, 6.45) is 4.77. The largest absolute Gasteiger partial charge is 0.478 e. The van der Waals surface area contributed by atoms with Crippen LogP contribution in [-0.2, 0) is 0 Å². The molecule has 1 aliphatic carbocycles. The molecule has 4 heteroatoms. The number of hydrogen-bond acceptors (Lipinski definition) is 2. The topological polar surface area (TPSA) is 49.3 Å². The Balaban J connectivity index is 2.17. The summed E-state index contributed by atoms with van der Waals surface area (Å²) in [6, 6.07) is 5.32. The monoisotopic (exact) mass is 297 g/mol. The average Bonchev–Trinajstić information content (AvgIpc) is 2.23. The molecule has 0 unspecified atom stereocenters. The van der Waals surface area contributed by atoms with E-state index in [1.807, 2.05) is 12.1 Å². The minimum absolute atomic E-state index is 0.226. The number of hydrogen-bond donors (Lipinski definition) is 2. The Labute approximate surface area is 109 Å². The van der Waals surface area contributed by atoms with E-state index in [1.165, 1.54) is 19.3 Å². The Morgan fingerprint density at radius 2 is 2.24 bits per heavy atom. The number of aromatic carboxylic acids is 1. The highest BCUT2D eigenvalue weighted by atomic mass is 79.9. The van der Waals surface area contributed by atoms with Crippen LogP contribution in [0.3, 0.4) is 0 Å². The van der Waals surface area contributed by atoms with Gasteiger partial charge in [0, 0.05) is 15.7 Å². The quantitative estimate of drug-likeness (QED) is 0.886. The molecule has 0 bridgehead atoms. The maximum absolute atomic E-state index is 10.9. The number of carboxylic acid groups (broad SMARTS) is 1. The second-order valence-corrected chi connectivity index (χ2v) is 5.47. The van der Waals surface area contributed by atoms with Crippen LogP contribution in [0.1, 0.15) is 43.0 Å². The molecule has 1 aliphatic rings. The molecule has 0 aromatic heterocycles. The average molecular weight is 298 g/mol. The molecule has 1 saturated carbocycles. The van der Waals surface area contributed by atoms with E-state index in [0.717, 1.165) is 12.1 Å². The number of carboxylic acids is 1. The minimum atomic E-state index is -0.905. The first-order valence-electron chi connectivity index (χ1n) is 5.87. The van der Waals surface area contributed by atoms with Gasteiger partial charge in [0.1, 0.15) is 0 Å². The van der Waals surface area contributed by atoms with Gasteiger partial charge in [0.25, 0.3) is 0 Å². The molecule has 92 valence electrons. The molecule has 1 aromatic carbocycles. The summed E-state index contributed by atoms with van der Waals surface area (Å²) in [5.41, 5.74) is 1.52. The van der Waals surface area contributed by atoms with Crippen molar-refractivity contribution in [2.24, 2.45) is 0 Å². The van der Waals surface area contributed by atoms with Gasteiger partial charge in [-0.3, -0.25) is 0 Å². The number of carbonyl (C=O) groups is 1. The van der Waals surface area contributed by atoms with Crippen molar-refractivity contribution in [1.82, 2.24) is 0 Å². The van der Waals surface area contributed by atoms with Gasteiger partial charge in [-0.1, -0.05) is 6.92 Å². The van der Waals surface area contributed by atoms with E-state index >= 15 is 0 Å². The Kier molecular flexibility index (Phi) is 3.43. The van der Waals surface area contributed by atoms with E-state index in [1.54, 1.807) is 6.07 Å². The maximum atomic E-state index is 10.9. The zero-order valence-corrected chi connectivity index (χ0v) is 11.4. The highest BCUT2D eigenvalue weighted by molar-refractivity contribution is 9.10. The van der Waals surface area contributed by atoms with Gasteiger partial charge in [-0.05, 0) is 59.8 Å². The standard InChI is InChI=1S/C13H16BrNO2/c1-2-13(6-3-7-13)15-9-4-5-10(12(16)17)11(14)8-9/h4-5,8,15H,2-3,6-7H2,1H3,(H,16,17). The third-order valence-corrected chi connectivity index (χ3v) is 4.25. The first kappa shape index (κ1) is 12.4. The molecule has 3 nitrogen and oxygen atoms in total. The van der Waals surface area contributed by atoms with Crippen LogP contribution in [0.5, 0.6) is 0 Å². The van der Waals surface area contributed by atoms with Crippen molar-refractivity contribution in [2.45, 2.75) is 38.1 Å². The molecule has 0 radical (unpaired) electrons. The summed E-state index contributed by atoms with van der Waals surface area (Å²) in [5, 5.41) is 12.5. The van der Waals surface area contributed by atoms with Crippen molar-refractivity contribution in [3.05, 3.63) is 28.2 Å². The second kappa shape index (κ2) is 4.69. The van der Waals surface area contributed by atoms with Crippen LogP contribution < -0.4 is 5.32 Å². The van der Waals surface area contributed by atoms with E-state index in [2.05, 4.69) is 28.2 Å². The van der Waals surface area contributed by atoms with Gasteiger partial charge in [0.2, 0.25) is 0 Å². The van der Waals surface area contributed by atoms with Crippen LogP contribution >= 0.6 is 15.9 Å². The third-order valence-electron chi connectivity index (χ3n) is 3.60. The molecule has 1 aromatic rings. The molecule has 0 saturated heterocycles. The lowest BCUT2D eigenvalue weighted by Crippen LogP contribution is -2.44. The van der Waals surface area contributed by atoms with Gasteiger partial charge in [0.15, 0.2) is 0 Å². The molecule has 0 aliphatic heterocycles. The third kappa shape index (κ3) is 2.46. The highest BCUT2D eigenvalue weighted by Crippen LogP contribution is 2.38. The molecule has 1 fully saturated rings. The smallest absolute Gasteiger partial charge is 0.336 e. The van der Waals surface area contributed by atoms with E-state index in [-0.39, 0.29) is 5.54 Å². The van der Waals surface area contributed by atoms with Gasteiger partial charge in [-0.25, -0.2) is 4.79 Å². The number of benzene rings is 1. The molecule has 17 heavy (non-hydrogen) atoms. The lowest BCUT2D eigenvalue weighted by atomic mass is 9.74. The fourth-order valence-corrected chi connectivity index (χ4v) is 2.79. The Morgan fingerprint density at radius 3 is 2.65 bits per heavy atom. The summed E-state index contributed by atoms with van der Waals surface area (Å²) in [4.78, 5) is 10.9. The fourth-order valence-electron chi connectivity index (χ4n) is 2.24. The molecule has 2 rings (SSSR count). The summed E-state index contributed by atoms with van der Waals surface area (Å²) < 4.78 is 0.626. The van der Waals surface area contributed by atoms with Crippen molar-refractivity contribution in [2.75, 3.05) is 5.32 Å². The normalized spacial score (nSPS) is 17.3. The number of anilines is 1. The number of rotatable bonds is 4. The van der Waals surface area contributed by atoms with E-state index in [4.69, 9.17) is 5.11 Å². The molecule has 0 amide bonds. The zero-order valence-electron chi connectivity index (χ0n) is 9.79. The van der Waals surface area contributed by atoms with Crippen molar-refractivity contribution in [1.29, 1.82) is 0 Å². The summed E-state index contributed by atoms with van der Waals surface area (Å²) in [5.74, 6) is -0.905. The Hall–Kier alpha value is -1.03. The van der Waals surface area contributed by atoms with Crippen LogP contribution in [0.15, 0.2) is 22.7 Å². The number of halogens is 1. The first-order chi connectivity index (χ1) is 8.06. The zero-order chi connectivity index (χ0) is 12.5. The second-order valence-electron chi connectivity index (χ2n) is 4.61. The van der Waals surface area contributed by atoms with Gasteiger partial charge in [0.05, 0.1) is 5.56 Å². The predicted octanol–water partition coefficient (Wildman–Crippen LogP) is 3.89. The Bertz CT molecular complexity index is 436. The predicted molar refractivity (Wildman–Crippen MR) is 71.6 cm³/mol. The molecule has 0 atom stereocenters. The minimum Gasteiger partial charge on any atom is -0.478 e. The summed E-state index contributed by atoms with van der Waals surface area (Å²) in [6.45, 7) is 2.19. The molecule has 2 N–H and O–H groups in total. The molecular weight excluding hydrogens is 282 g/mol. The van der Waals surface area contributed by atoms with Crippen molar-refractivity contribution >= 4 is 27.6 Å². The number of nitrogens with one attached hydrogen (secondary N) is 1. The molecule has 0 heterocycles. The summed E-state index contributed by atoms with van der Waals surface area (Å²) >= 11 is 3.30. The van der Waals surface area contributed by atoms with Gasteiger partial charge < -0.3 is 10.4 Å². The maximum Gasteiger partial charge on any atom is 0.336 e. The van der Waals surface area contributed by atoms with Gasteiger partial charge in [-0.15, -0.1) is 0 Å². The highest BCUT2D eigenvalue weighted by Gasteiger charge is 2.34. The van der Waals surface area contributed by atoms with Crippen molar-refractivity contribution < 1.29 is 9.90 Å².